The predicted octanol–water partition coefficient (Wildman–Crippen LogP) is 3.31. The topological polar surface area (TPSA) is 81.5 Å². The smallest absolute Gasteiger partial charge is 0.223 e. The number of hydrogen-bond donors (Lipinski definition) is 1. The molecule has 170 valence electrons. The summed E-state index contributed by atoms with van der Waals surface area (Å²) < 4.78 is 12.6. The molecule has 0 atom stereocenters. The first-order valence-corrected chi connectivity index (χ1v) is 11.1. The number of hydrogen-bond acceptors (Lipinski definition) is 6. The van der Waals surface area contributed by atoms with Gasteiger partial charge < -0.3 is 19.7 Å². The number of ether oxygens (including phenoxy) is 2. The fraction of sp³-hybridized carbons (Fsp3) is 0.458. The van der Waals surface area contributed by atoms with Crippen LogP contribution < -0.4 is 19.7 Å². The van der Waals surface area contributed by atoms with Crippen LogP contribution in [0, 0.1) is 12.8 Å². The molecule has 1 aliphatic rings. The average Bonchev–Trinajstić information content (AvgIpc) is 3.18. The molecular formula is C24H31N5O3. The number of benzene rings is 1. The fourth-order valence-corrected chi connectivity index (χ4v) is 4.39. The van der Waals surface area contributed by atoms with Crippen LogP contribution in [-0.2, 0) is 17.9 Å². The third-order valence-electron chi connectivity index (χ3n) is 6.17. The summed E-state index contributed by atoms with van der Waals surface area (Å²) in [6, 6.07) is 7.68. The Labute approximate surface area is 188 Å². The van der Waals surface area contributed by atoms with E-state index in [-0.39, 0.29) is 11.8 Å². The van der Waals surface area contributed by atoms with Crippen LogP contribution in [0.2, 0.25) is 0 Å². The third-order valence-corrected chi connectivity index (χ3v) is 6.17. The number of nitrogens with one attached hydrogen (secondary N) is 1. The molecular weight excluding hydrogens is 406 g/mol. The molecule has 0 spiro atoms. The zero-order valence-corrected chi connectivity index (χ0v) is 19.2. The van der Waals surface area contributed by atoms with Gasteiger partial charge in [-0.2, -0.15) is 5.10 Å². The van der Waals surface area contributed by atoms with Gasteiger partial charge in [-0.1, -0.05) is 0 Å². The van der Waals surface area contributed by atoms with E-state index < -0.39 is 0 Å². The third kappa shape index (κ3) is 4.35. The van der Waals surface area contributed by atoms with Crippen LogP contribution in [-0.4, -0.2) is 48.0 Å². The van der Waals surface area contributed by atoms with E-state index in [0.29, 0.717) is 18.0 Å². The van der Waals surface area contributed by atoms with Crippen molar-refractivity contribution >= 4 is 22.6 Å². The van der Waals surface area contributed by atoms with E-state index in [1.54, 1.807) is 14.2 Å². The van der Waals surface area contributed by atoms with Crippen molar-refractivity contribution < 1.29 is 14.3 Å². The van der Waals surface area contributed by atoms with E-state index in [2.05, 4.69) is 27.2 Å². The highest BCUT2D eigenvalue weighted by molar-refractivity contribution is 5.91. The van der Waals surface area contributed by atoms with Crippen molar-refractivity contribution in [3.8, 4) is 11.5 Å². The zero-order valence-electron chi connectivity index (χ0n) is 19.2. The highest BCUT2D eigenvalue weighted by Crippen LogP contribution is 2.30. The van der Waals surface area contributed by atoms with Gasteiger partial charge >= 0.3 is 0 Å². The van der Waals surface area contributed by atoms with Gasteiger partial charge in [0.1, 0.15) is 17.0 Å². The van der Waals surface area contributed by atoms with Crippen molar-refractivity contribution in [2.45, 2.75) is 39.8 Å². The van der Waals surface area contributed by atoms with Crippen LogP contribution in [0.1, 0.15) is 31.0 Å². The Balaban J connectivity index is 1.39. The summed E-state index contributed by atoms with van der Waals surface area (Å²) in [7, 11) is 3.24. The number of nitrogens with zero attached hydrogens (tertiary/aromatic N) is 4. The maximum absolute atomic E-state index is 12.8. The van der Waals surface area contributed by atoms with Crippen LogP contribution in [0.15, 0.2) is 30.5 Å². The van der Waals surface area contributed by atoms with E-state index in [9.17, 15) is 4.79 Å². The minimum Gasteiger partial charge on any atom is -0.497 e. The van der Waals surface area contributed by atoms with Crippen molar-refractivity contribution in [3.05, 3.63) is 41.7 Å². The molecule has 0 saturated carbocycles. The van der Waals surface area contributed by atoms with Crippen molar-refractivity contribution in [2.75, 3.05) is 32.2 Å². The molecule has 1 aromatic carbocycles. The number of aryl methyl sites for hydroxylation is 2. The van der Waals surface area contributed by atoms with Crippen molar-refractivity contribution in [1.82, 2.24) is 20.1 Å². The van der Waals surface area contributed by atoms with Gasteiger partial charge in [0.25, 0.3) is 0 Å². The lowest BCUT2D eigenvalue weighted by Crippen LogP contribution is -2.40. The Morgan fingerprint density at radius 2 is 1.84 bits per heavy atom. The molecule has 4 rings (SSSR count). The molecule has 1 aliphatic heterocycles. The molecule has 8 nitrogen and oxygen atoms in total. The maximum atomic E-state index is 12.8. The number of amides is 1. The lowest BCUT2D eigenvalue weighted by molar-refractivity contribution is -0.125. The van der Waals surface area contributed by atoms with E-state index in [1.807, 2.05) is 42.1 Å². The van der Waals surface area contributed by atoms with Crippen LogP contribution in [0.3, 0.4) is 0 Å². The van der Waals surface area contributed by atoms with Crippen LogP contribution in [0.5, 0.6) is 11.5 Å². The number of carbonyl (C=O) groups excluding carboxylic acids is 1. The molecule has 0 radical (unpaired) electrons. The molecule has 0 bridgehead atoms. The molecule has 1 saturated heterocycles. The zero-order chi connectivity index (χ0) is 22.7. The van der Waals surface area contributed by atoms with Gasteiger partial charge in [-0.15, -0.1) is 0 Å². The van der Waals surface area contributed by atoms with Gasteiger partial charge in [-0.05, 0) is 50.5 Å². The Hall–Kier alpha value is -3.29. The van der Waals surface area contributed by atoms with E-state index in [4.69, 9.17) is 9.47 Å². The molecule has 3 heterocycles. The highest BCUT2D eigenvalue weighted by Gasteiger charge is 2.27. The molecule has 1 N–H and O–H groups in total. The molecule has 8 heteroatoms. The second-order valence-corrected chi connectivity index (χ2v) is 8.13. The summed E-state index contributed by atoms with van der Waals surface area (Å²) in [5, 5.41) is 8.88. The normalized spacial score (nSPS) is 14.6. The highest BCUT2D eigenvalue weighted by atomic mass is 16.5. The van der Waals surface area contributed by atoms with Gasteiger partial charge in [-0.25, -0.2) is 4.98 Å². The SMILES string of the molecule is CCn1nc(C)c2ccnc(N3CCC(C(=O)NCc4cc(OC)cc(OC)c4)CC3)c21. The number of anilines is 1. The fourth-order valence-electron chi connectivity index (χ4n) is 4.39. The summed E-state index contributed by atoms with van der Waals surface area (Å²) in [6.45, 7) is 6.97. The maximum Gasteiger partial charge on any atom is 0.223 e. The standard InChI is InChI=1S/C24H31N5O3/c1-5-29-22-21(16(2)27-29)6-9-25-23(22)28-10-7-18(8-11-28)24(30)26-15-17-12-19(31-3)14-20(13-17)32-4/h6,9,12-14,18H,5,7-8,10-11,15H2,1-4H3,(H,26,30). The number of fused-ring (bicyclic) bond motifs is 1. The largest absolute Gasteiger partial charge is 0.497 e. The first-order chi connectivity index (χ1) is 15.5. The van der Waals surface area contributed by atoms with Crippen LogP contribution in [0.4, 0.5) is 5.82 Å². The molecule has 2 aromatic heterocycles. The number of piperidine rings is 1. The summed E-state index contributed by atoms with van der Waals surface area (Å²) in [4.78, 5) is 19.8. The summed E-state index contributed by atoms with van der Waals surface area (Å²) in [5.41, 5.74) is 3.06. The number of carbonyl (C=O) groups is 1. The quantitative estimate of drug-likeness (QED) is 0.611. The van der Waals surface area contributed by atoms with Crippen LogP contribution >= 0.6 is 0 Å². The predicted molar refractivity (Wildman–Crippen MR) is 124 cm³/mol. The summed E-state index contributed by atoms with van der Waals surface area (Å²) in [6.07, 6.45) is 3.45. The first-order valence-electron chi connectivity index (χ1n) is 11.1. The second-order valence-electron chi connectivity index (χ2n) is 8.13. The Morgan fingerprint density at radius 3 is 2.47 bits per heavy atom. The number of pyridine rings is 1. The molecule has 3 aromatic rings. The van der Waals surface area contributed by atoms with Gasteiger partial charge in [0, 0.05) is 49.7 Å². The first kappa shape index (κ1) is 21.9. The molecule has 0 aliphatic carbocycles. The lowest BCUT2D eigenvalue weighted by Gasteiger charge is -2.32. The molecule has 0 unspecified atom stereocenters. The van der Waals surface area contributed by atoms with E-state index in [0.717, 1.165) is 60.5 Å². The van der Waals surface area contributed by atoms with E-state index >= 15 is 0 Å². The molecule has 1 amide bonds. The molecule has 32 heavy (non-hydrogen) atoms. The molecule has 1 fully saturated rings. The van der Waals surface area contributed by atoms with Crippen molar-refractivity contribution in [1.29, 1.82) is 0 Å². The Kier molecular flexibility index (Phi) is 6.48. The van der Waals surface area contributed by atoms with Gasteiger partial charge in [-0.3, -0.25) is 9.48 Å². The minimum absolute atomic E-state index is 0.00391. The summed E-state index contributed by atoms with van der Waals surface area (Å²) >= 11 is 0. The lowest BCUT2D eigenvalue weighted by atomic mass is 9.95. The summed E-state index contributed by atoms with van der Waals surface area (Å²) in [5.74, 6) is 2.48. The minimum atomic E-state index is -0.00391. The van der Waals surface area contributed by atoms with E-state index in [1.165, 1.54) is 0 Å². The van der Waals surface area contributed by atoms with Crippen molar-refractivity contribution in [2.24, 2.45) is 5.92 Å². The Morgan fingerprint density at radius 1 is 1.16 bits per heavy atom. The number of aromatic nitrogens is 3. The number of rotatable bonds is 7. The van der Waals surface area contributed by atoms with Gasteiger partial charge in [0.05, 0.1) is 19.9 Å². The average molecular weight is 438 g/mol. The monoisotopic (exact) mass is 437 g/mol. The van der Waals surface area contributed by atoms with Crippen LogP contribution in [0.25, 0.3) is 10.9 Å². The number of methoxy groups -OCH3 is 2. The van der Waals surface area contributed by atoms with Gasteiger partial charge in [0.15, 0.2) is 5.82 Å². The second kappa shape index (κ2) is 9.46. The van der Waals surface area contributed by atoms with Crippen molar-refractivity contribution in [3.63, 3.8) is 0 Å². The van der Waals surface area contributed by atoms with Gasteiger partial charge in [0.2, 0.25) is 5.91 Å². The Bertz CT molecular complexity index is 1080.